The second kappa shape index (κ2) is 15.3. The summed E-state index contributed by atoms with van der Waals surface area (Å²) in [5.41, 5.74) is 2.91. The van der Waals surface area contributed by atoms with Gasteiger partial charge in [-0.25, -0.2) is 0 Å². The average molecular weight is 607 g/mol. The number of carbonyl (C=O) groups excluding carboxylic acids is 2. The van der Waals surface area contributed by atoms with Crippen LogP contribution in [-0.4, -0.2) is 65.4 Å². The van der Waals surface area contributed by atoms with Crippen LogP contribution in [0.5, 0.6) is 0 Å². The van der Waals surface area contributed by atoms with Crippen LogP contribution in [0.4, 0.5) is 0 Å². The van der Waals surface area contributed by atoms with Gasteiger partial charge in [0.1, 0.15) is 0 Å². The first-order valence-electron chi connectivity index (χ1n) is 10.8. The van der Waals surface area contributed by atoms with E-state index < -0.39 is 0 Å². The van der Waals surface area contributed by atoms with Crippen LogP contribution in [0.2, 0.25) is 0 Å². The maximum atomic E-state index is 11.6. The Morgan fingerprint density at radius 2 is 1.29 bits per heavy atom. The lowest BCUT2D eigenvalue weighted by molar-refractivity contribution is -0.107. The molecule has 2 aliphatic heterocycles. The van der Waals surface area contributed by atoms with Crippen LogP contribution in [0, 0.1) is 0 Å². The number of thioether (sulfide) groups is 8. The van der Waals surface area contributed by atoms with Crippen LogP contribution in [0.15, 0.2) is 49.6 Å². The number of hydrogen-bond acceptors (Lipinski definition) is 10. The summed E-state index contributed by atoms with van der Waals surface area (Å²) >= 11 is 14.8. The molecule has 0 amide bonds. The molecule has 6 unspecified atom stereocenters. The smallest absolute Gasteiger partial charge is 0.211 e. The van der Waals surface area contributed by atoms with Crippen LogP contribution in [0.3, 0.4) is 0 Å². The largest absolute Gasteiger partial charge is 0.282 e. The minimum absolute atomic E-state index is 0.0701. The molecular weight excluding hydrogens is 577 g/mol. The van der Waals surface area contributed by atoms with Gasteiger partial charge in [-0.05, 0) is 35.8 Å². The van der Waals surface area contributed by atoms with Crippen molar-refractivity contribution in [3.05, 3.63) is 60.7 Å². The minimum Gasteiger partial charge on any atom is -0.282 e. The van der Waals surface area contributed by atoms with E-state index >= 15 is 0 Å². The molecule has 1 aromatic rings. The molecule has 0 saturated carbocycles. The second-order valence-electron chi connectivity index (χ2n) is 7.53. The van der Waals surface area contributed by atoms with E-state index in [1.54, 1.807) is 0 Å². The normalized spacial score (nSPS) is 26.2. The fourth-order valence-corrected chi connectivity index (χ4v) is 15.9. The summed E-state index contributed by atoms with van der Waals surface area (Å²) < 4.78 is 0.974. The summed E-state index contributed by atoms with van der Waals surface area (Å²) in [6.07, 6.45) is 7.28. The third kappa shape index (κ3) is 8.17. The van der Waals surface area contributed by atoms with Crippen molar-refractivity contribution < 1.29 is 9.59 Å². The highest BCUT2D eigenvalue weighted by molar-refractivity contribution is 8.23. The lowest BCUT2D eigenvalue weighted by Gasteiger charge is -2.29. The summed E-state index contributed by atoms with van der Waals surface area (Å²) in [6.45, 7) is 7.17. The molecule has 1 aromatic carbocycles. The van der Waals surface area contributed by atoms with Crippen molar-refractivity contribution in [2.75, 3.05) is 35.5 Å². The Morgan fingerprint density at radius 3 is 1.65 bits per heavy atom. The Labute approximate surface area is 238 Å². The van der Waals surface area contributed by atoms with Gasteiger partial charge < -0.3 is 0 Å². The van der Waals surface area contributed by atoms with Gasteiger partial charge in [0.15, 0.2) is 0 Å². The summed E-state index contributed by atoms with van der Waals surface area (Å²) in [6, 6.07) is 9.00. The SMILES string of the molecule is C=CC(=O)SCC1CSC(C(SC)c2ccccc2C(SC)C2SCC(CSC(=O)C=C)S2)S1. The monoisotopic (exact) mass is 606 g/mol. The molecule has 0 aliphatic carbocycles. The molecule has 0 spiro atoms. The van der Waals surface area contributed by atoms with Gasteiger partial charge in [-0.15, -0.1) is 47.0 Å². The van der Waals surface area contributed by atoms with Gasteiger partial charge in [-0.2, -0.15) is 23.5 Å². The third-order valence-corrected chi connectivity index (χ3v) is 17.3. The molecule has 3 rings (SSSR count). The third-order valence-electron chi connectivity index (χ3n) is 5.31. The summed E-state index contributed by atoms with van der Waals surface area (Å²) in [7, 11) is 0. The predicted octanol–water partition coefficient (Wildman–Crippen LogP) is 7.74. The molecular formula is C24H30O2S8. The maximum absolute atomic E-state index is 11.6. The van der Waals surface area contributed by atoms with Gasteiger partial charge in [-0.1, -0.05) is 60.9 Å². The molecule has 0 aromatic heterocycles. The minimum atomic E-state index is 0.0701. The molecule has 2 heterocycles. The Balaban J connectivity index is 1.69. The van der Waals surface area contributed by atoms with E-state index in [9.17, 15) is 9.59 Å². The Hall–Kier alpha value is 0.840. The van der Waals surface area contributed by atoms with Crippen LogP contribution in [0.25, 0.3) is 0 Å². The van der Waals surface area contributed by atoms with E-state index in [1.165, 1.54) is 46.8 Å². The molecule has 2 aliphatic rings. The van der Waals surface area contributed by atoms with E-state index in [4.69, 9.17) is 0 Å². The highest BCUT2D eigenvalue weighted by atomic mass is 32.2. The predicted molar refractivity (Wildman–Crippen MR) is 170 cm³/mol. The van der Waals surface area contributed by atoms with Crippen LogP contribution < -0.4 is 0 Å². The van der Waals surface area contributed by atoms with E-state index in [0.717, 1.165) is 23.0 Å². The maximum Gasteiger partial charge on any atom is 0.211 e. The summed E-state index contributed by atoms with van der Waals surface area (Å²) in [5.74, 6) is 3.90. The van der Waals surface area contributed by atoms with E-state index in [2.05, 4.69) is 49.9 Å². The molecule has 10 heteroatoms. The van der Waals surface area contributed by atoms with Crippen molar-refractivity contribution in [1.29, 1.82) is 0 Å². The highest BCUT2D eigenvalue weighted by Crippen LogP contribution is 2.55. The molecule has 2 fully saturated rings. The Bertz CT molecular complexity index is 794. The first kappa shape index (κ1) is 29.4. The van der Waals surface area contributed by atoms with Crippen LogP contribution in [-0.2, 0) is 9.59 Å². The second-order valence-corrected chi connectivity index (χ2v) is 17.4. The van der Waals surface area contributed by atoms with Gasteiger partial charge >= 0.3 is 0 Å². The lowest BCUT2D eigenvalue weighted by Crippen LogP contribution is -2.15. The Kier molecular flexibility index (Phi) is 13.2. The number of rotatable bonds is 12. The molecule has 2 nitrogen and oxygen atoms in total. The van der Waals surface area contributed by atoms with Crippen LogP contribution >= 0.6 is 94.1 Å². The van der Waals surface area contributed by atoms with Gasteiger partial charge in [-0.3, -0.25) is 9.59 Å². The number of benzene rings is 1. The van der Waals surface area contributed by atoms with Crippen molar-refractivity contribution in [1.82, 2.24) is 0 Å². The zero-order valence-electron chi connectivity index (χ0n) is 19.3. The van der Waals surface area contributed by atoms with Gasteiger partial charge in [0, 0.05) is 33.5 Å². The first-order valence-corrected chi connectivity index (χ1v) is 19.3. The molecule has 2 saturated heterocycles. The van der Waals surface area contributed by atoms with Gasteiger partial charge in [0.25, 0.3) is 0 Å². The van der Waals surface area contributed by atoms with Crippen molar-refractivity contribution in [2.24, 2.45) is 0 Å². The van der Waals surface area contributed by atoms with Crippen LogP contribution in [0.1, 0.15) is 21.6 Å². The average Bonchev–Trinajstić information content (AvgIpc) is 3.53. The highest BCUT2D eigenvalue weighted by Gasteiger charge is 2.38. The lowest BCUT2D eigenvalue weighted by atomic mass is 10.0. The fourth-order valence-electron chi connectivity index (χ4n) is 3.70. The van der Waals surface area contributed by atoms with Crippen molar-refractivity contribution in [3.63, 3.8) is 0 Å². The number of hydrogen-bond donors (Lipinski definition) is 0. The topological polar surface area (TPSA) is 34.1 Å². The number of carbonyl (C=O) groups is 2. The molecule has 0 N–H and O–H groups in total. The van der Waals surface area contributed by atoms with Gasteiger partial charge in [0.05, 0.1) is 19.7 Å². The summed E-state index contributed by atoms with van der Waals surface area (Å²) in [5, 5.41) is 1.97. The van der Waals surface area contributed by atoms with E-state index in [-0.39, 0.29) is 10.2 Å². The molecule has 186 valence electrons. The zero-order chi connectivity index (χ0) is 24.5. The van der Waals surface area contributed by atoms with Crippen molar-refractivity contribution in [3.8, 4) is 0 Å². The fraction of sp³-hybridized carbons (Fsp3) is 0.500. The van der Waals surface area contributed by atoms with E-state index in [0.29, 0.717) is 30.2 Å². The standard InChI is InChI=1S/C24H30O2S8/c1-5-19(25)29-11-15-13-31-23(33-15)21(27-3)17-9-7-8-10-18(17)22(28-4)24-32-14-16(34-24)12-30-20(26)6-2/h5-10,15-16,21-24H,1-2,11-14H2,3-4H3. The van der Waals surface area contributed by atoms with Crippen molar-refractivity contribution >= 4 is 104 Å². The first-order chi connectivity index (χ1) is 16.5. The quantitative estimate of drug-likeness (QED) is 0.220. The van der Waals surface area contributed by atoms with Gasteiger partial charge in [0.2, 0.25) is 10.2 Å². The molecule has 6 atom stereocenters. The zero-order valence-corrected chi connectivity index (χ0v) is 25.8. The molecule has 0 bridgehead atoms. The Morgan fingerprint density at radius 1 is 0.882 bits per heavy atom. The molecule has 34 heavy (non-hydrogen) atoms. The van der Waals surface area contributed by atoms with E-state index in [1.807, 2.05) is 70.6 Å². The van der Waals surface area contributed by atoms with Crippen molar-refractivity contribution in [2.45, 2.75) is 30.2 Å². The summed E-state index contributed by atoms with van der Waals surface area (Å²) in [4.78, 5) is 23.3. The molecule has 0 radical (unpaired) electrons.